The summed E-state index contributed by atoms with van der Waals surface area (Å²) in [6.07, 6.45) is -0.336. The van der Waals surface area contributed by atoms with Crippen LogP contribution in [0.25, 0.3) is 0 Å². The number of nitro benzene ring substituents is 1. The monoisotopic (exact) mass is 499 g/mol. The molecule has 0 aliphatic carbocycles. The summed E-state index contributed by atoms with van der Waals surface area (Å²) < 4.78 is 7.05. The molecule has 2 heterocycles. The molecule has 176 valence electrons. The zero-order chi connectivity index (χ0) is 24.4. The second-order valence-corrected chi connectivity index (χ2v) is 9.26. The number of nitrogens with one attached hydrogen (secondary N) is 1. The quantitative estimate of drug-likeness (QED) is 0.200. The summed E-state index contributed by atoms with van der Waals surface area (Å²) >= 11 is 7.66. The molecular formula is C23H22ClN5O4S. The van der Waals surface area contributed by atoms with E-state index in [1.807, 2.05) is 24.3 Å². The second-order valence-electron chi connectivity index (χ2n) is 7.92. The highest BCUT2D eigenvalue weighted by atomic mass is 35.5. The number of rotatable bonds is 7. The highest BCUT2D eigenvalue weighted by Crippen LogP contribution is 2.38. The summed E-state index contributed by atoms with van der Waals surface area (Å²) in [7, 11) is 0. The maximum absolute atomic E-state index is 13.1. The van der Waals surface area contributed by atoms with Crippen molar-refractivity contribution in [3.8, 4) is 0 Å². The van der Waals surface area contributed by atoms with Crippen molar-refractivity contribution < 1.29 is 14.5 Å². The maximum Gasteiger partial charge on any atom is 0.338 e. The van der Waals surface area contributed by atoms with Crippen LogP contribution in [0.15, 0.2) is 65.0 Å². The number of hydrogen-bond donors (Lipinski definition) is 1. The number of nitro groups is 1. The molecule has 0 saturated heterocycles. The molecule has 34 heavy (non-hydrogen) atoms. The molecule has 1 N–H and O–H groups in total. The van der Waals surface area contributed by atoms with Crippen molar-refractivity contribution in [3.63, 3.8) is 0 Å². The van der Waals surface area contributed by atoms with E-state index in [2.05, 4.69) is 15.4 Å². The number of esters is 1. The van der Waals surface area contributed by atoms with Gasteiger partial charge >= 0.3 is 5.97 Å². The van der Waals surface area contributed by atoms with E-state index in [0.717, 1.165) is 5.56 Å². The highest BCUT2D eigenvalue weighted by molar-refractivity contribution is 7.98. The minimum absolute atomic E-state index is 0.0831. The molecule has 0 spiro atoms. The lowest BCUT2D eigenvalue weighted by atomic mass is 9.95. The molecule has 0 fully saturated rings. The number of hydrogen-bond acceptors (Lipinski definition) is 8. The Balaban J connectivity index is 1.74. The Labute approximate surface area is 205 Å². The van der Waals surface area contributed by atoms with Crippen LogP contribution < -0.4 is 5.32 Å². The second kappa shape index (κ2) is 9.86. The first-order chi connectivity index (χ1) is 16.2. The molecule has 1 aliphatic heterocycles. The minimum atomic E-state index is -0.746. The topological polar surface area (TPSA) is 112 Å². The summed E-state index contributed by atoms with van der Waals surface area (Å²) in [6.45, 7) is 5.27. The lowest BCUT2D eigenvalue weighted by molar-refractivity contribution is -0.384. The van der Waals surface area contributed by atoms with Crippen LogP contribution >= 0.6 is 23.4 Å². The van der Waals surface area contributed by atoms with Gasteiger partial charge in [0.15, 0.2) is 0 Å². The number of fused-ring (bicyclic) bond motifs is 1. The number of carbonyl (C=O) groups excluding carboxylic acids is 1. The van der Waals surface area contributed by atoms with E-state index in [0.29, 0.717) is 38.7 Å². The molecule has 1 aromatic heterocycles. The molecule has 1 aliphatic rings. The summed E-state index contributed by atoms with van der Waals surface area (Å²) in [5.74, 6) is 0.457. The Kier molecular flexibility index (Phi) is 6.90. The van der Waals surface area contributed by atoms with Gasteiger partial charge in [0.2, 0.25) is 11.1 Å². The number of ether oxygens (including phenoxy) is 1. The van der Waals surface area contributed by atoms with E-state index < -0.39 is 16.9 Å². The van der Waals surface area contributed by atoms with Crippen molar-refractivity contribution in [1.29, 1.82) is 0 Å². The van der Waals surface area contributed by atoms with Crippen LogP contribution in [0, 0.1) is 10.1 Å². The van der Waals surface area contributed by atoms with Crippen molar-refractivity contribution in [1.82, 2.24) is 14.8 Å². The first-order valence-corrected chi connectivity index (χ1v) is 11.9. The first-order valence-electron chi connectivity index (χ1n) is 10.5. The zero-order valence-corrected chi connectivity index (χ0v) is 20.3. The number of anilines is 1. The van der Waals surface area contributed by atoms with Gasteiger partial charge in [0, 0.05) is 28.6 Å². The summed E-state index contributed by atoms with van der Waals surface area (Å²) in [4.78, 5) is 28.6. The van der Waals surface area contributed by atoms with Crippen LogP contribution in [0.2, 0.25) is 5.02 Å². The molecule has 4 rings (SSSR count). The van der Waals surface area contributed by atoms with E-state index in [1.54, 1.807) is 37.6 Å². The fourth-order valence-electron chi connectivity index (χ4n) is 3.61. The van der Waals surface area contributed by atoms with Crippen molar-refractivity contribution in [3.05, 3.63) is 86.1 Å². The standard InChI is InChI=1S/C23H22ClN5O4S/c1-13(2)33-21(30)19-14(3)25-22-26-23(34-12-16-7-4-5-10-18(16)24)27-28(22)20(19)15-8-6-9-17(11-15)29(31)32/h4-11,13,20H,12H2,1-3H3,(H,25,26,27). The Hall–Kier alpha value is -3.37. The van der Waals surface area contributed by atoms with Gasteiger partial charge in [-0.2, -0.15) is 4.98 Å². The smallest absolute Gasteiger partial charge is 0.338 e. The Morgan fingerprint density at radius 1 is 1.29 bits per heavy atom. The van der Waals surface area contributed by atoms with Crippen LogP contribution in [0.3, 0.4) is 0 Å². The fourth-order valence-corrected chi connectivity index (χ4v) is 4.72. The third-order valence-electron chi connectivity index (χ3n) is 5.11. The minimum Gasteiger partial charge on any atom is -0.459 e. The first kappa shape index (κ1) is 23.8. The van der Waals surface area contributed by atoms with Gasteiger partial charge in [-0.15, -0.1) is 5.10 Å². The van der Waals surface area contributed by atoms with Crippen LogP contribution in [0.5, 0.6) is 0 Å². The number of halogens is 1. The molecule has 0 saturated carbocycles. The van der Waals surface area contributed by atoms with E-state index in [4.69, 9.17) is 16.3 Å². The lowest BCUT2D eigenvalue weighted by Crippen LogP contribution is -2.30. The fraction of sp³-hybridized carbons (Fsp3) is 0.261. The predicted molar refractivity (Wildman–Crippen MR) is 130 cm³/mol. The van der Waals surface area contributed by atoms with Crippen molar-refractivity contribution in [2.45, 2.75) is 43.8 Å². The summed E-state index contributed by atoms with van der Waals surface area (Å²) in [6, 6.07) is 12.9. The summed E-state index contributed by atoms with van der Waals surface area (Å²) in [5, 5.41) is 20.3. The number of aromatic nitrogens is 3. The van der Waals surface area contributed by atoms with Crippen molar-refractivity contribution >= 4 is 41.0 Å². The molecule has 1 atom stereocenters. The van der Waals surface area contributed by atoms with Crippen LogP contribution in [0.1, 0.15) is 37.9 Å². The zero-order valence-electron chi connectivity index (χ0n) is 18.7. The number of thioether (sulfide) groups is 1. The molecule has 3 aromatic rings. The molecule has 2 aromatic carbocycles. The number of nitrogens with zero attached hydrogens (tertiary/aromatic N) is 4. The predicted octanol–water partition coefficient (Wildman–Crippen LogP) is 5.37. The van der Waals surface area contributed by atoms with Gasteiger partial charge in [0.25, 0.3) is 5.69 Å². The molecule has 9 nitrogen and oxygen atoms in total. The summed E-state index contributed by atoms with van der Waals surface area (Å²) in [5.41, 5.74) is 2.25. The molecule has 1 unspecified atom stereocenters. The normalized spacial score (nSPS) is 15.1. The molecule has 0 bridgehead atoms. The Morgan fingerprint density at radius 3 is 2.76 bits per heavy atom. The van der Waals surface area contributed by atoms with Crippen LogP contribution in [-0.2, 0) is 15.3 Å². The molecule has 11 heteroatoms. The number of allylic oxidation sites excluding steroid dienone is 1. The maximum atomic E-state index is 13.1. The van der Waals surface area contributed by atoms with Gasteiger partial charge in [0.1, 0.15) is 6.04 Å². The molecule has 0 radical (unpaired) electrons. The molecular weight excluding hydrogens is 478 g/mol. The SMILES string of the molecule is CC1=C(C(=O)OC(C)C)C(c2cccc([N+](=O)[O-])c2)n2nc(SCc3ccccc3Cl)nc2N1. The van der Waals surface area contributed by atoms with Crippen LogP contribution in [-0.4, -0.2) is 31.8 Å². The average molecular weight is 500 g/mol. The van der Waals surface area contributed by atoms with E-state index in [-0.39, 0.29) is 11.8 Å². The van der Waals surface area contributed by atoms with E-state index in [1.165, 1.54) is 23.9 Å². The lowest BCUT2D eigenvalue weighted by Gasteiger charge is -2.28. The number of benzene rings is 2. The van der Waals surface area contributed by atoms with Gasteiger partial charge in [-0.3, -0.25) is 10.1 Å². The Bertz CT molecular complexity index is 1290. The highest BCUT2D eigenvalue weighted by Gasteiger charge is 2.36. The average Bonchev–Trinajstić information content (AvgIpc) is 3.19. The van der Waals surface area contributed by atoms with Gasteiger partial charge in [-0.1, -0.05) is 53.7 Å². The van der Waals surface area contributed by atoms with Gasteiger partial charge in [0.05, 0.1) is 16.6 Å². The van der Waals surface area contributed by atoms with Crippen molar-refractivity contribution in [2.75, 3.05) is 5.32 Å². The van der Waals surface area contributed by atoms with Gasteiger partial charge < -0.3 is 10.1 Å². The van der Waals surface area contributed by atoms with Crippen molar-refractivity contribution in [2.24, 2.45) is 0 Å². The van der Waals surface area contributed by atoms with E-state index in [9.17, 15) is 14.9 Å². The number of carbonyl (C=O) groups is 1. The largest absolute Gasteiger partial charge is 0.459 e. The van der Waals surface area contributed by atoms with Gasteiger partial charge in [-0.05, 0) is 38.0 Å². The number of non-ortho nitro benzene ring substituents is 1. The van der Waals surface area contributed by atoms with Crippen LogP contribution in [0.4, 0.5) is 11.6 Å². The third kappa shape index (κ3) is 4.92. The van der Waals surface area contributed by atoms with Gasteiger partial charge in [-0.25, -0.2) is 9.48 Å². The third-order valence-corrected chi connectivity index (χ3v) is 6.36. The molecule has 0 amide bonds. The Morgan fingerprint density at radius 2 is 2.06 bits per heavy atom. The van der Waals surface area contributed by atoms with E-state index >= 15 is 0 Å².